The quantitative estimate of drug-likeness (QED) is 0.428. The minimum Gasteiger partial charge on any atom is -0.483 e. The Morgan fingerprint density at radius 3 is 2.57 bits per heavy atom. The van der Waals surface area contributed by atoms with Crippen molar-refractivity contribution in [3.8, 4) is 5.75 Å². The molecule has 0 fully saturated rings. The van der Waals surface area contributed by atoms with Gasteiger partial charge < -0.3 is 10.1 Å². The molecule has 6 nitrogen and oxygen atoms in total. The van der Waals surface area contributed by atoms with Gasteiger partial charge in [-0.15, -0.1) is 0 Å². The van der Waals surface area contributed by atoms with E-state index in [0.717, 1.165) is 10.0 Å². The van der Waals surface area contributed by atoms with Gasteiger partial charge in [0, 0.05) is 15.2 Å². The average Bonchev–Trinajstić information content (AvgIpc) is 2.61. The number of rotatable bonds is 7. The Hall–Kier alpha value is -2.09. The fourth-order valence-corrected chi connectivity index (χ4v) is 3.10. The first kappa shape index (κ1) is 22.2. The Morgan fingerprint density at radius 2 is 1.89 bits per heavy atom. The molecule has 9 heteroatoms. The normalized spacial score (nSPS) is 11.1. The Labute approximate surface area is 181 Å². The molecule has 0 spiro atoms. The largest absolute Gasteiger partial charge is 0.483 e. The SMILES string of the molecule is C/C(CC(=O)Nc1ccc(Cl)cc1Cl)=N/NC(=O)COc1ccc(Br)cc1C. The number of anilines is 1. The number of carbonyl (C=O) groups excluding carboxylic acids is 2. The molecule has 2 aromatic rings. The third kappa shape index (κ3) is 7.14. The summed E-state index contributed by atoms with van der Waals surface area (Å²) in [6.45, 7) is 3.32. The summed E-state index contributed by atoms with van der Waals surface area (Å²) >= 11 is 15.2. The predicted octanol–water partition coefficient (Wildman–Crippen LogP) is 4.96. The second kappa shape index (κ2) is 10.5. The molecule has 0 atom stereocenters. The van der Waals surface area contributed by atoms with E-state index < -0.39 is 5.91 Å². The van der Waals surface area contributed by atoms with Crippen LogP contribution in [0, 0.1) is 6.92 Å². The van der Waals surface area contributed by atoms with Crippen molar-refractivity contribution in [1.82, 2.24) is 5.43 Å². The summed E-state index contributed by atoms with van der Waals surface area (Å²) in [6.07, 6.45) is -0.00802. The van der Waals surface area contributed by atoms with Gasteiger partial charge in [-0.05, 0) is 55.8 Å². The Morgan fingerprint density at radius 1 is 1.14 bits per heavy atom. The van der Waals surface area contributed by atoms with E-state index in [9.17, 15) is 9.59 Å². The number of nitrogens with one attached hydrogen (secondary N) is 2. The number of hydrazone groups is 1. The summed E-state index contributed by atoms with van der Waals surface area (Å²) in [5.41, 5.74) is 4.14. The summed E-state index contributed by atoms with van der Waals surface area (Å²) in [5, 5.41) is 7.38. The molecule has 0 radical (unpaired) electrons. The Kier molecular flexibility index (Phi) is 8.29. The predicted molar refractivity (Wildman–Crippen MR) is 115 cm³/mol. The summed E-state index contributed by atoms with van der Waals surface area (Å²) < 4.78 is 6.39. The highest BCUT2D eigenvalue weighted by atomic mass is 79.9. The van der Waals surface area contributed by atoms with Crippen LogP contribution in [0.2, 0.25) is 10.0 Å². The first-order valence-corrected chi connectivity index (χ1v) is 9.75. The van der Waals surface area contributed by atoms with Crippen molar-refractivity contribution in [2.24, 2.45) is 5.10 Å². The molecule has 0 aliphatic heterocycles. The third-order valence-corrected chi connectivity index (χ3v) is 4.53. The van der Waals surface area contributed by atoms with Gasteiger partial charge in [0.05, 0.1) is 17.1 Å². The Balaban J connectivity index is 1.80. The van der Waals surface area contributed by atoms with E-state index in [1.165, 1.54) is 6.07 Å². The van der Waals surface area contributed by atoms with Crippen molar-refractivity contribution < 1.29 is 14.3 Å². The maximum Gasteiger partial charge on any atom is 0.277 e. The topological polar surface area (TPSA) is 79.8 Å². The molecule has 0 aromatic heterocycles. The van der Waals surface area contributed by atoms with E-state index in [4.69, 9.17) is 27.9 Å². The fraction of sp³-hybridized carbons (Fsp3) is 0.211. The summed E-state index contributed by atoms with van der Waals surface area (Å²) in [5.74, 6) is -0.137. The van der Waals surface area contributed by atoms with Crippen molar-refractivity contribution in [3.05, 3.63) is 56.5 Å². The number of hydrogen-bond acceptors (Lipinski definition) is 4. The van der Waals surface area contributed by atoms with Crippen LogP contribution in [0.4, 0.5) is 5.69 Å². The number of hydrogen-bond donors (Lipinski definition) is 2. The van der Waals surface area contributed by atoms with Crippen LogP contribution in [-0.4, -0.2) is 24.1 Å². The van der Waals surface area contributed by atoms with E-state index in [2.05, 4.69) is 31.8 Å². The minimum absolute atomic E-state index is 0.00802. The molecule has 2 aromatic carbocycles. The second-order valence-electron chi connectivity index (χ2n) is 5.93. The second-order valence-corrected chi connectivity index (χ2v) is 7.69. The van der Waals surface area contributed by atoms with Gasteiger partial charge in [0.15, 0.2) is 6.61 Å². The van der Waals surface area contributed by atoms with E-state index >= 15 is 0 Å². The number of aryl methyl sites for hydroxylation is 1. The number of ether oxygens (including phenoxy) is 1. The summed E-state index contributed by atoms with van der Waals surface area (Å²) in [4.78, 5) is 23.9. The van der Waals surface area contributed by atoms with Gasteiger partial charge >= 0.3 is 0 Å². The number of amides is 2. The highest BCUT2D eigenvalue weighted by molar-refractivity contribution is 9.10. The van der Waals surface area contributed by atoms with E-state index in [-0.39, 0.29) is 18.9 Å². The molecule has 2 rings (SSSR count). The lowest BCUT2D eigenvalue weighted by Gasteiger charge is -2.09. The van der Waals surface area contributed by atoms with Crippen LogP contribution in [-0.2, 0) is 9.59 Å². The standard InChI is InChI=1S/C19H18BrCl2N3O3/c1-11-7-13(20)3-6-17(11)28-10-19(27)25-24-12(2)8-18(26)23-16-5-4-14(21)9-15(16)22/h3-7,9H,8,10H2,1-2H3,(H,23,26)(H,25,27)/b24-12-. The van der Waals surface area contributed by atoms with Crippen LogP contribution in [0.15, 0.2) is 46.0 Å². The molecular formula is C19H18BrCl2N3O3. The van der Waals surface area contributed by atoms with Crippen LogP contribution in [0.25, 0.3) is 0 Å². The number of nitrogens with zero attached hydrogens (tertiary/aromatic N) is 1. The summed E-state index contributed by atoms with van der Waals surface area (Å²) in [6, 6.07) is 10.3. The first-order valence-electron chi connectivity index (χ1n) is 8.20. The van der Waals surface area contributed by atoms with Crippen molar-refractivity contribution in [3.63, 3.8) is 0 Å². The number of halogens is 3. The zero-order valence-corrected chi connectivity index (χ0v) is 18.3. The lowest BCUT2D eigenvalue weighted by molar-refractivity contribution is -0.123. The van der Waals surface area contributed by atoms with Crippen LogP contribution >= 0.6 is 39.1 Å². The molecule has 0 saturated carbocycles. The zero-order valence-electron chi connectivity index (χ0n) is 15.2. The first-order chi connectivity index (χ1) is 13.2. The number of carbonyl (C=O) groups is 2. The number of benzene rings is 2. The van der Waals surface area contributed by atoms with Gasteiger partial charge in [-0.25, -0.2) is 5.43 Å². The average molecular weight is 487 g/mol. The molecule has 148 valence electrons. The van der Waals surface area contributed by atoms with Gasteiger partial charge in [-0.1, -0.05) is 39.1 Å². The van der Waals surface area contributed by atoms with Crippen LogP contribution in [0.5, 0.6) is 5.75 Å². The van der Waals surface area contributed by atoms with Crippen LogP contribution in [0.1, 0.15) is 18.9 Å². The molecular weight excluding hydrogens is 469 g/mol. The van der Waals surface area contributed by atoms with Gasteiger partial charge in [0.1, 0.15) is 5.75 Å². The highest BCUT2D eigenvalue weighted by Crippen LogP contribution is 2.25. The van der Waals surface area contributed by atoms with Crippen molar-refractivity contribution in [2.45, 2.75) is 20.3 Å². The molecule has 28 heavy (non-hydrogen) atoms. The molecule has 2 N–H and O–H groups in total. The third-order valence-electron chi connectivity index (χ3n) is 3.49. The van der Waals surface area contributed by atoms with Gasteiger partial charge in [0.2, 0.25) is 5.91 Å². The molecule has 0 aliphatic rings. The van der Waals surface area contributed by atoms with Gasteiger partial charge in [0.25, 0.3) is 5.91 Å². The fourth-order valence-electron chi connectivity index (χ4n) is 2.17. The van der Waals surface area contributed by atoms with Gasteiger partial charge in [-0.2, -0.15) is 5.10 Å². The maximum absolute atomic E-state index is 12.1. The monoisotopic (exact) mass is 485 g/mol. The molecule has 0 bridgehead atoms. The molecule has 0 aliphatic carbocycles. The van der Waals surface area contributed by atoms with Crippen LogP contribution in [0.3, 0.4) is 0 Å². The molecule has 0 saturated heterocycles. The van der Waals surface area contributed by atoms with Gasteiger partial charge in [-0.3, -0.25) is 9.59 Å². The minimum atomic E-state index is -0.428. The lowest BCUT2D eigenvalue weighted by Crippen LogP contribution is -2.26. The Bertz CT molecular complexity index is 919. The zero-order chi connectivity index (χ0) is 20.7. The van der Waals surface area contributed by atoms with E-state index in [1.807, 2.05) is 19.1 Å². The molecule has 0 heterocycles. The molecule has 0 unspecified atom stereocenters. The smallest absolute Gasteiger partial charge is 0.277 e. The van der Waals surface area contributed by atoms with Crippen molar-refractivity contribution in [1.29, 1.82) is 0 Å². The van der Waals surface area contributed by atoms with E-state index in [1.54, 1.807) is 25.1 Å². The summed E-state index contributed by atoms with van der Waals surface area (Å²) in [7, 11) is 0. The maximum atomic E-state index is 12.1. The van der Waals surface area contributed by atoms with E-state index in [0.29, 0.717) is 27.2 Å². The molecule has 2 amide bonds. The van der Waals surface area contributed by atoms with Crippen LogP contribution < -0.4 is 15.5 Å². The lowest BCUT2D eigenvalue weighted by atomic mass is 10.2. The van der Waals surface area contributed by atoms with Crippen molar-refractivity contribution in [2.75, 3.05) is 11.9 Å². The highest BCUT2D eigenvalue weighted by Gasteiger charge is 2.09. The van der Waals surface area contributed by atoms with Crippen molar-refractivity contribution >= 4 is 62.3 Å².